The highest BCUT2D eigenvalue weighted by atomic mass is 32.2. The molecule has 2 aliphatic rings. The molecule has 0 spiro atoms. The molecule has 92 valence electrons. The van der Waals surface area contributed by atoms with E-state index in [-0.39, 0.29) is 5.54 Å². The molecule has 1 N–H and O–H groups in total. The highest BCUT2D eigenvalue weighted by molar-refractivity contribution is 8.14. The lowest BCUT2D eigenvalue weighted by Gasteiger charge is -2.22. The van der Waals surface area contributed by atoms with Crippen molar-refractivity contribution in [1.82, 2.24) is 5.32 Å². The summed E-state index contributed by atoms with van der Waals surface area (Å²) in [6.07, 6.45) is 3.86. The first-order valence-electron chi connectivity index (χ1n) is 6.15. The van der Waals surface area contributed by atoms with Crippen LogP contribution in [0, 0.1) is 0 Å². The molecule has 2 unspecified atom stereocenters. The SMILES string of the molecule is CCC1(C)CSC(=NCC2(C)CCCS2)N1. The number of hydrogen-bond acceptors (Lipinski definition) is 3. The molecule has 2 aliphatic heterocycles. The lowest BCUT2D eigenvalue weighted by molar-refractivity contribution is 0.465. The van der Waals surface area contributed by atoms with Gasteiger partial charge in [-0.1, -0.05) is 18.7 Å². The maximum atomic E-state index is 4.77. The Morgan fingerprint density at radius 2 is 2.25 bits per heavy atom. The number of amidine groups is 1. The molecule has 16 heavy (non-hydrogen) atoms. The zero-order valence-electron chi connectivity index (χ0n) is 10.5. The number of rotatable bonds is 3. The van der Waals surface area contributed by atoms with Crippen molar-refractivity contribution < 1.29 is 0 Å². The Bertz CT molecular complexity index is 285. The zero-order chi connectivity index (χ0) is 11.6. The van der Waals surface area contributed by atoms with Gasteiger partial charge in [-0.15, -0.1) is 0 Å². The lowest BCUT2D eigenvalue weighted by Crippen LogP contribution is -2.40. The quantitative estimate of drug-likeness (QED) is 0.841. The van der Waals surface area contributed by atoms with Crippen molar-refractivity contribution in [3.8, 4) is 0 Å². The third-order valence-electron chi connectivity index (χ3n) is 3.57. The van der Waals surface area contributed by atoms with Crippen LogP contribution in [0.2, 0.25) is 0 Å². The number of aliphatic imine (C=N–C) groups is 1. The normalized spacial score (nSPS) is 41.6. The molecule has 0 aromatic carbocycles. The van der Waals surface area contributed by atoms with Gasteiger partial charge in [-0.3, -0.25) is 4.99 Å². The minimum absolute atomic E-state index is 0.271. The van der Waals surface area contributed by atoms with Crippen LogP contribution >= 0.6 is 23.5 Å². The van der Waals surface area contributed by atoms with Crippen molar-refractivity contribution in [2.24, 2.45) is 4.99 Å². The molecule has 0 radical (unpaired) electrons. The van der Waals surface area contributed by atoms with Gasteiger partial charge in [-0.2, -0.15) is 11.8 Å². The third kappa shape index (κ3) is 2.89. The van der Waals surface area contributed by atoms with Gasteiger partial charge in [0, 0.05) is 16.0 Å². The fourth-order valence-electron chi connectivity index (χ4n) is 2.03. The summed E-state index contributed by atoms with van der Waals surface area (Å²) in [4.78, 5) is 4.77. The minimum atomic E-state index is 0.271. The van der Waals surface area contributed by atoms with E-state index in [4.69, 9.17) is 4.99 Å². The number of thioether (sulfide) groups is 2. The van der Waals surface area contributed by atoms with E-state index >= 15 is 0 Å². The summed E-state index contributed by atoms with van der Waals surface area (Å²) >= 11 is 3.98. The fraction of sp³-hybridized carbons (Fsp3) is 0.917. The van der Waals surface area contributed by atoms with Gasteiger partial charge in [-0.05, 0) is 38.9 Å². The van der Waals surface area contributed by atoms with Crippen LogP contribution in [0.3, 0.4) is 0 Å². The second kappa shape index (κ2) is 4.81. The summed E-state index contributed by atoms with van der Waals surface area (Å²) in [6.45, 7) is 7.86. The largest absolute Gasteiger partial charge is 0.359 e. The van der Waals surface area contributed by atoms with Gasteiger partial charge in [0.15, 0.2) is 5.17 Å². The first-order valence-corrected chi connectivity index (χ1v) is 8.12. The first-order chi connectivity index (χ1) is 7.55. The van der Waals surface area contributed by atoms with Crippen LogP contribution in [0.4, 0.5) is 0 Å². The van der Waals surface area contributed by atoms with Gasteiger partial charge in [0.2, 0.25) is 0 Å². The van der Waals surface area contributed by atoms with E-state index in [1.54, 1.807) is 0 Å². The Balaban J connectivity index is 1.89. The van der Waals surface area contributed by atoms with E-state index in [9.17, 15) is 0 Å². The highest BCUT2D eigenvalue weighted by Crippen LogP contribution is 2.38. The summed E-state index contributed by atoms with van der Waals surface area (Å²) in [5.74, 6) is 2.47. The smallest absolute Gasteiger partial charge is 0.157 e. The van der Waals surface area contributed by atoms with Gasteiger partial charge in [0.05, 0.1) is 6.54 Å². The second-order valence-corrected chi connectivity index (χ2v) is 8.00. The topological polar surface area (TPSA) is 24.4 Å². The van der Waals surface area contributed by atoms with Crippen LogP contribution in [0.5, 0.6) is 0 Å². The van der Waals surface area contributed by atoms with Crippen molar-refractivity contribution in [2.45, 2.75) is 50.3 Å². The van der Waals surface area contributed by atoms with E-state index in [1.807, 2.05) is 11.8 Å². The molecular weight excluding hydrogens is 236 g/mol. The van der Waals surface area contributed by atoms with Gasteiger partial charge in [-0.25, -0.2) is 0 Å². The molecule has 0 saturated carbocycles. The Kier molecular flexibility index (Phi) is 3.79. The van der Waals surface area contributed by atoms with Crippen molar-refractivity contribution in [2.75, 3.05) is 18.1 Å². The van der Waals surface area contributed by atoms with Crippen LogP contribution in [0.25, 0.3) is 0 Å². The Morgan fingerprint density at radius 3 is 2.81 bits per heavy atom. The summed E-state index contributed by atoms with van der Waals surface area (Å²) < 4.78 is 0.403. The number of hydrogen-bond donors (Lipinski definition) is 1. The third-order valence-corrected chi connectivity index (χ3v) is 6.38. The predicted molar refractivity (Wildman–Crippen MR) is 76.7 cm³/mol. The van der Waals surface area contributed by atoms with E-state index in [0.29, 0.717) is 4.75 Å². The predicted octanol–water partition coefficient (Wildman–Crippen LogP) is 3.13. The molecule has 2 saturated heterocycles. The summed E-state index contributed by atoms with van der Waals surface area (Å²) in [6, 6.07) is 0. The highest BCUT2D eigenvalue weighted by Gasteiger charge is 2.32. The molecule has 0 bridgehead atoms. The zero-order valence-corrected chi connectivity index (χ0v) is 12.1. The fourth-order valence-corrected chi connectivity index (χ4v) is 4.47. The molecular formula is C12H22N2S2. The molecule has 0 aromatic heterocycles. The van der Waals surface area contributed by atoms with E-state index in [1.165, 1.54) is 25.0 Å². The standard InChI is InChI=1S/C12H22N2S2/c1-4-11(2)9-15-10(14-11)13-8-12(3)6-5-7-16-12/h4-9H2,1-3H3,(H,13,14). The molecule has 0 amide bonds. The molecule has 0 aromatic rings. The Hall–Kier alpha value is 0.170. The molecule has 2 nitrogen and oxygen atoms in total. The number of nitrogens with zero attached hydrogens (tertiary/aromatic N) is 1. The van der Waals surface area contributed by atoms with Crippen molar-refractivity contribution in [3.63, 3.8) is 0 Å². The summed E-state index contributed by atoms with van der Waals surface area (Å²) in [7, 11) is 0. The van der Waals surface area contributed by atoms with Gasteiger partial charge in [0.1, 0.15) is 0 Å². The van der Waals surface area contributed by atoms with Crippen molar-refractivity contribution >= 4 is 28.7 Å². The van der Waals surface area contributed by atoms with Crippen molar-refractivity contribution in [1.29, 1.82) is 0 Å². The lowest BCUT2D eigenvalue weighted by atomic mass is 10.0. The molecule has 2 heterocycles. The average Bonchev–Trinajstić information content (AvgIpc) is 2.85. The van der Waals surface area contributed by atoms with E-state index in [0.717, 1.165) is 17.5 Å². The second-order valence-electron chi connectivity index (χ2n) is 5.35. The number of nitrogens with one attached hydrogen (secondary N) is 1. The molecule has 2 atom stereocenters. The summed E-state index contributed by atoms with van der Waals surface area (Å²) in [5, 5.41) is 4.73. The maximum Gasteiger partial charge on any atom is 0.157 e. The Labute approximate surface area is 107 Å². The first kappa shape index (κ1) is 12.6. The van der Waals surface area contributed by atoms with Crippen LogP contribution in [-0.4, -0.2) is 33.5 Å². The molecule has 4 heteroatoms. The summed E-state index contributed by atoms with van der Waals surface area (Å²) in [5.41, 5.74) is 0.271. The van der Waals surface area contributed by atoms with Crippen LogP contribution in [0.1, 0.15) is 40.0 Å². The van der Waals surface area contributed by atoms with Gasteiger partial charge < -0.3 is 5.32 Å². The van der Waals surface area contributed by atoms with Gasteiger partial charge >= 0.3 is 0 Å². The average molecular weight is 258 g/mol. The molecule has 2 rings (SSSR count). The van der Waals surface area contributed by atoms with E-state index < -0.39 is 0 Å². The van der Waals surface area contributed by atoms with Crippen LogP contribution < -0.4 is 5.32 Å². The molecule has 0 aliphatic carbocycles. The maximum absolute atomic E-state index is 4.77. The monoisotopic (exact) mass is 258 g/mol. The van der Waals surface area contributed by atoms with Crippen LogP contribution in [0.15, 0.2) is 4.99 Å². The molecule has 2 fully saturated rings. The van der Waals surface area contributed by atoms with Crippen molar-refractivity contribution in [3.05, 3.63) is 0 Å². The van der Waals surface area contributed by atoms with Gasteiger partial charge in [0.25, 0.3) is 0 Å². The minimum Gasteiger partial charge on any atom is -0.359 e. The van der Waals surface area contributed by atoms with Crippen LogP contribution in [-0.2, 0) is 0 Å². The Morgan fingerprint density at radius 1 is 1.44 bits per heavy atom. The van der Waals surface area contributed by atoms with E-state index in [2.05, 4.69) is 37.8 Å².